The van der Waals surface area contributed by atoms with Crippen molar-refractivity contribution in [3.8, 4) is 0 Å². The number of halogens is 1. The van der Waals surface area contributed by atoms with Gasteiger partial charge < -0.3 is 30.9 Å². The summed E-state index contributed by atoms with van der Waals surface area (Å²) >= 11 is 0. The number of nitrogens with zero attached hydrogens (tertiary/aromatic N) is 3. The summed E-state index contributed by atoms with van der Waals surface area (Å²) in [5.74, 6) is -2.81. The van der Waals surface area contributed by atoms with Crippen LogP contribution in [0.15, 0.2) is 11.2 Å². The van der Waals surface area contributed by atoms with Crippen LogP contribution in [0.5, 0.6) is 0 Å². The van der Waals surface area contributed by atoms with E-state index in [4.69, 9.17) is 10.5 Å². The van der Waals surface area contributed by atoms with E-state index in [2.05, 4.69) is 15.4 Å². The van der Waals surface area contributed by atoms with Gasteiger partial charge >= 0.3 is 0 Å². The van der Waals surface area contributed by atoms with Gasteiger partial charge in [-0.15, -0.1) is 0 Å². The normalized spacial score (nSPS) is 41.0. The molecule has 3 rings (SSSR count). The fraction of sp³-hybridized carbons (Fsp3) is 0.636. The van der Waals surface area contributed by atoms with E-state index < -0.39 is 36.5 Å². The maximum Gasteiger partial charge on any atom is 0.247 e. The molecule has 3 heterocycles. The first-order chi connectivity index (χ1) is 10.2. The topological polar surface area (TPSA) is 158 Å². The van der Waals surface area contributed by atoms with E-state index in [0.717, 1.165) is 10.9 Å². The van der Waals surface area contributed by atoms with Gasteiger partial charge in [0.05, 0.1) is 12.8 Å². The molecular formula is C11H16FN5O5. The summed E-state index contributed by atoms with van der Waals surface area (Å²) < 4.78 is 20.7. The number of aliphatic imine (C=N–C) groups is 1. The summed E-state index contributed by atoms with van der Waals surface area (Å²) in [4.78, 5) is 7.45. The second-order valence-corrected chi connectivity index (χ2v) is 5.45. The molecule has 1 saturated heterocycles. The molecular weight excluding hydrogens is 301 g/mol. The van der Waals surface area contributed by atoms with Gasteiger partial charge in [0.2, 0.25) is 18.0 Å². The Kier molecular flexibility index (Phi) is 3.16. The quantitative estimate of drug-likeness (QED) is 0.346. The van der Waals surface area contributed by atoms with Crippen molar-refractivity contribution in [3.63, 3.8) is 0 Å². The first kappa shape index (κ1) is 15.1. The van der Waals surface area contributed by atoms with E-state index in [1.807, 2.05) is 0 Å². The molecule has 1 aromatic heterocycles. The second kappa shape index (κ2) is 4.60. The number of imidazole rings is 1. The van der Waals surface area contributed by atoms with E-state index in [1.165, 1.54) is 6.92 Å². The van der Waals surface area contributed by atoms with Crippen molar-refractivity contribution in [2.45, 2.75) is 36.8 Å². The van der Waals surface area contributed by atoms with Crippen molar-refractivity contribution >= 4 is 5.96 Å². The van der Waals surface area contributed by atoms with Crippen LogP contribution in [-0.4, -0.2) is 60.5 Å². The SMILES string of the molecule is C[C@]1(CO)O[C@@](O)(c2cnc3n2NC(N)=NC3O)[C@H](F)[C@@H]1O. The summed E-state index contributed by atoms with van der Waals surface area (Å²) in [6.45, 7) is 0.547. The van der Waals surface area contributed by atoms with Gasteiger partial charge in [0, 0.05) is 0 Å². The summed E-state index contributed by atoms with van der Waals surface area (Å²) in [5.41, 5.74) is 6.03. The Morgan fingerprint density at radius 3 is 2.82 bits per heavy atom. The highest BCUT2D eigenvalue weighted by atomic mass is 19.1. The number of hydrogen-bond donors (Lipinski definition) is 6. The predicted molar refractivity (Wildman–Crippen MR) is 69.5 cm³/mol. The molecule has 2 aliphatic rings. The Balaban J connectivity index is 2.06. The van der Waals surface area contributed by atoms with Gasteiger partial charge in [0.15, 0.2) is 12.0 Å². The number of fused-ring (bicyclic) bond motifs is 1. The summed E-state index contributed by atoms with van der Waals surface area (Å²) in [5, 5.41) is 39.5. The standard InChI is InChI=1S/C11H16FN5O5/c1-10(3-18)6(19)5(12)11(21,22-10)4-2-14-7-8(20)15-9(13)16-17(4)7/h2,5-6,8,18-21H,3H2,1H3,(H3,13,15,16)/t5-,6+,8?,10-,11+/m1/s1. The van der Waals surface area contributed by atoms with E-state index in [1.54, 1.807) is 0 Å². The highest BCUT2D eigenvalue weighted by Gasteiger charge is 2.63. The van der Waals surface area contributed by atoms with Crippen LogP contribution in [0.1, 0.15) is 24.7 Å². The lowest BCUT2D eigenvalue weighted by Gasteiger charge is -2.29. The van der Waals surface area contributed by atoms with Crippen LogP contribution in [0.25, 0.3) is 0 Å². The fourth-order valence-corrected chi connectivity index (χ4v) is 2.57. The highest BCUT2D eigenvalue weighted by Crippen LogP contribution is 2.45. The minimum Gasteiger partial charge on any atom is -0.393 e. The molecule has 0 amide bonds. The third-order valence-electron chi connectivity index (χ3n) is 3.85. The van der Waals surface area contributed by atoms with E-state index >= 15 is 0 Å². The number of nitrogens with one attached hydrogen (secondary N) is 1. The molecule has 10 nitrogen and oxygen atoms in total. The van der Waals surface area contributed by atoms with Crippen LogP contribution in [0.4, 0.5) is 4.39 Å². The van der Waals surface area contributed by atoms with Crippen LogP contribution in [-0.2, 0) is 10.5 Å². The minimum absolute atomic E-state index is 0.0412. The molecule has 0 radical (unpaired) electrons. The molecule has 0 aliphatic carbocycles. The van der Waals surface area contributed by atoms with Gasteiger partial charge in [0.1, 0.15) is 17.4 Å². The number of hydrogen-bond acceptors (Lipinski definition) is 9. The van der Waals surface area contributed by atoms with Crippen LogP contribution in [0, 0.1) is 0 Å². The second-order valence-electron chi connectivity index (χ2n) is 5.45. The summed E-state index contributed by atoms with van der Waals surface area (Å²) in [6, 6.07) is 0. The zero-order valence-electron chi connectivity index (χ0n) is 11.5. The lowest BCUT2D eigenvalue weighted by molar-refractivity contribution is -0.255. The Hall–Kier alpha value is -1.79. The summed E-state index contributed by atoms with van der Waals surface area (Å²) in [6.07, 6.45) is -4.37. The number of ether oxygens (including phenoxy) is 1. The summed E-state index contributed by atoms with van der Waals surface area (Å²) in [7, 11) is 0. The van der Waals surface area contributed by atoms with Crippen LogP contribution >= 0.6 is 0 Å². The smallest absolute Gasteiger partial charge is 0.247 e. The fourth-order valence-electron chi connectivity index (χ4n) is 2.57. The lowest BCUT2D eigenvalue weighted by atomic mass is 9.96. The van der Waals surface area contributed by atoms with Crippen LogP contribution in [0.2, 0.25) is 0 Å². The predicted octanol–water partition coefficient (Wildman–Crippen LogP) is -2.63. The molecule has 0 aromatic carbocycles. The van der Waals surface area contributed by atoms with Gasteiger partial charge in [-0.25, -0.2) is 19.0 Å². The van der Waals surface area contributed by atoms with E-state index in [-0.39, 0.29) is 17.5 Å². The number of nitrogens with two attached hydrogens (primary N) is 1. The van der Waals surface area contributed by atoms with Crippen molar-refractivity contribution in [1.29, 1.82) is 0 Å². The lowest BCUT2D eigenvalue weighted by Crippen LogP contribution is -2.44. The number of rotatable bonds is 2. The molecule has 1 aromatic rings. The average molecular weight is 317 g/mol. The van der Waals surface area contributed by atoms with Crippen molar-refractivity contribution in [2.24, 2.45) is 10.7 Å². The number of aliphatic hydroxyl groups excluding tert-OH is 3. The zero-order valence-corrected chi connectivity index (χ0v) is 11.5. The van der Waals surface area contributed by atoms with Crippen molar-refractivity contribution in [1.82, 2.24) is 9.66 Å². The van der Waals surface area contributed by atoms with Crippen molar-refractivity contribution in [2.75, 3.05) is 12.0 Å². The molecule has 11 heteroatoms. The molecule has 22 heavy (non-hydrogen) atoms. The van der Waals surface area contributed by atoms with Gasteiger partial charge in [-0.2, -0.15) is 0 Å². The zero-order chi connectivity index (χ0) is 16.3. The molecule has 2 aliphatic heterocycles. The largest absolute Gasteiger partial charge is 0.393 e. The monoisotopic (exact) mass is 317 g/mol. The number of aliphatic hydroxyl groups is 4. The molecule has 0 bridgehead atoms. The molecule has 0 spiro atoms. The molecule has 1 fully saturated rings. The third-order valence-corrected chi connectivity index (χ3v) is 3.85. The van der Waals surface area contributed by atoms with Gasteiger partial charge in [-0.1, -0.05) is 0 Å². The minimum atomic E-state index is -2.59. The molecule has 7 N–H and O–H groups in total. The average Bonchev–Trinajstić information content (AvgIpc) is 2.95. The molecule has 0 saturated carbocycles. The van der Waals surface area contributed by atoms with Crippen molar-refractivity contribution in [3.05, 3.63) is 17.7 Å². The van der Waals surface area contributed by atoms with Gasteiger partial charge in [-0.05, 0) is 6.92 Å². The highest BCUT2D eigenvalue weighted by molar-refractivity contribution is 5.86. The number of guanidine groups is 1. The number of aromatic nitrogens is 2. The Labute approximate surface area is 123 Å². The first-order valence-electron chi connectivity index (χ1n) is 6.45. The molecule has 122 valence electrons. The van der Waals surface area contributed by atoms with Gasteiger partial charge in [-0.3, -0.25) is 5.43 Å². The Morgan fingerprint density at radius 1 is 1.55 bits per heavy atom. The first-order valence-corrected chi connectivity index (χ1v) is 6.45. The van der Waals surface area contributed by atoms with Crippen LogP contribution < -0.4 is 11.2 Å². The van der Waals surface area contributed by atoms with Crippen molar-refractivity contribution < 1.29 is 29.6 Å². The van der Waals surface area contributed by atoms with Crippen LogP contribution in [0.3, 0.4) is 0 Å². The Morgan fingerprint density at radius 2 is 2.23 bits per heavy atom. The van der Waals surface area contributed by atoms with E-state index in [0.29, 0.717) is 0 Å². The maximum absolute atomic E-state index is 14.4. The maximum atomic E-state index is 14.4. The van der Waals surface area contributed by atoms with E-state index in [9.17, 15) is 24.8 Å². The molecule has 5 atom stereocenters. The molecule has 1 unspecified atom stereocenters. The number of alkyl halides is 1. The van der Waals surface area contributed by atoms with Gasteiger partial charge in [0.25, 0.3) is 0 Å². The third kappa shape index (κ3) is 1.84. The Bertz CT molecular complexity index is 638.